The summed E-state index contributed by atoms with van der Waals surface area (Å²) in [6.07, 6.45) is 1.30. The van der Waals surface area contributed by atoms with E-state index in [2.05, 4.69) is 5.32 Å². The number of rotatable bonds is 6. The maximum Gasteiger partial charge on any atom is 0.209 e. The van der Waals surface area contributed by atoms with E-state index >= 15 is 0 Å². The third-order valence-electron chi connectivity index (χ3n) is 4.37. The Balaban J connectivity index is 1.99. The lowest BCUT2D eigenvalue weighted by atomic mass is 10.0. The highest BCUT2D eigenvalue weighted by Gasteiger charge is 2.16. The first kappa shape index (κ1) is 20.8. The van der Waals surface area contributed by atoms with E-state index in [0.29, 0.717) is 26.9 Å². The van der Waals surface area contributed by atoms with Gasteiger partial charge in [-0.05, 0) is 32.0 Å². The van der Waals surface area contributed by atoms with Crippen LogP contribution in [0.2, 0.25) is 10.0 Å². The smallest absolute Gasteiger partial charge is 0.209 e. The van der Waals surface area contributed by atoms with Crippen LogP contribution in [0, 0.1) is 13.8 Å². The molecule has 1 N–H and O–H groups in total. The van der Waals surface area contributed by atoms with Gasteiger partial charge in [-0.25, -0.2) is 0 Å². The van der Waals surface area contributed by atoms with Gasteiger partial charge >= 0.3 is 0 Å². The number of nitrogens with one attached hydrogen (secondary N) is 1. The number of ketones is 2. The van der Waals surface area contributed by atoms with Crippen LogP contribution in [0.5, 0.6) is 0 Å². The molecule has 0 heterocycles. The molecule has 0 aliphatic heterocycles. The average molecular weight is 424 g/mol. The SMILES string of the molecule is Cc1ccc(C(=O)C=C(Nc2ccc(Cl)cc2Cl)C(=O)c2ccc(C)cc2)cc1. The van der Waals surface area contributed by atoms with Crippen molar-refractivity contribution in [2.45, 2.75) is 13.8 Å². The molecule has 0 aliphatic carbocycles. The first-order chi connectivity index (χ1) is 13.8. The predicted octanol–water partition coefficient (Wildman–Crippen LogP) is 6.67. The van der Waals surface area contributed by atoms with Gasteiger partial charge in [-0.1, -0.05) is 82.9 Å². The van der Waals surface area contributed by atoms with Crippen LogP contribution in [-0.2, 0) is 0 Å². The Bertz CT molecular complexity index is 1080. The number of aryl methyl sites for hydroxylation is 2. The standard InChI is InChI=1S/C24H19Cl2NO2/c1-15-3-7-17(8-4-15)23(28)14-22(24(29)18-9-5-16(2)6-10-18)27-21-12-11-19(25)13-20(21)26/h3-14,27H,1-2H3. The Morgan fingerprint density at radius 1 is 0.793 bits per heavy atom. The molecule has 0 bridgehead atoms. The molecule has 146 valence electrons. The van der Waals surface area contributed by atoms with E-state index in [4.69, 9.17) is 23.2 Å². The maximum absolute atomic E-state index is 13.1. The lowest BCUT2D eigenvalue weighted by Crippen LogP contribution is -2.14. The van der Waals surface area contributed by atoms with Crippen LogP contribution in [0.15, 0.2) is 78.5 Å². The summed E-state index contributed by atoms with van der Waals surface area (Å²) in [4.78, 5) is 25.9. The van der Waals surface area contributed by atoms with Crippen LogP contribution >= 0.6 is 23.2 Å². The van der Waals surface area contributed by atoms with Gasteiger partial charge in [0.15, 0.2) is 5.78 Å². The molecular formula is C24H19Cl2NO2. The second-order valence-electron chi connectivity index (χ2n) is 6.73. The third kappa shape index (κ3) is 5.35. The molecule has 0 aromatic heterocycles. The number of carbonyl (C=O) groups is 2. The van der Waals surface area contributed by atoms with Crippen LogP contribution in [0.3, 0.4) is 0 Å². The van der Waals surface area contributed by atoms with E-state index in [1.54, 1.807) is 42.5 Å². The minimum Gasteiger partial charge on any atom is -0.351 e. The van der Waals surface area contributed by atoms with E-state index in [0.717, 1.165) is 11.1 Å². The van der Waals surface area contributed by atoms with E-state index in [1.807, 2.05) is 38.1 Å². The molecule has 0 spiro atoms. The Morgan fingerprint density at radius 2 is 1.34 bits per heavy atom. The van der Waals surface area contributed by atoms with Gasteiger partial charge < -0.3 is 5.32 Å². The molecule has 3 rings (SSSR count). The van der Waals surface area contributed by atoms with Gasteiger partial charge in [0.2, 0.25) is 5.78 Å². The normalized spacial score (nSPS) is 11.2. The number of carbonyl (C=O) groups excluding carboxylic acids is 2. The molecule has 29 heavy (non-hydrogen) atoms. The molecule has 0 aliphatic rings. The van der Waals surface area contributed by atoms with Crippen LogP contribution in [0.25, 0.3) is 0 Å². The molecule has 5 heteroatoms. The van der Waals surface area contributed by atoms with Gasteiger partial charge in [-0.3, -0.25) is 9.59 Å². The van der Waals surface area contributed by atoms with Crippen LogP contribution in [-0.4, -0.2) is 11.6 Å². The molecule has 0 radical (unpaired) electrons. The lowest BCUT2D eigenvalue weighted by Gasteiger charge is -2.12. The van der Waals surface area contributed by atoms with Crippen molar-refractivity contribution in [1.29, 1.82) is 0 Å². The molecule has 3 aromatic carbocycles. The highest BCUT2D eigenvalue weighted by atomic mass is 35.5. The number of halogens is 2. The number of Topliss-reactive ketones (excluding diaryl/α,β-unsaturated/α-hetero) is 1. The van der Waals surface area contributed by atoms with Gasteiger partial charge in [0.1, 0.15) is 0 Å². The average Bonchev–Trinajstić information content (AvgIpc) is 2.70. The zero-order valence-electron chi connectivity index (χ0n) is 16.0. The minimum absolute atomic E-state index is 0.128. The topological polar surface area (TPSA) is 46.2 Å². The number of anilines is 1. The fourth-order valence-electron chi connectivity index (χ4n) is 2.69. The summed E-state index contributed by atoms with van der Waals surface area (Å²) in [6.45, 7) is 3.89. The maximum atomic E-state index is 13.1. The fourth-order valence-corrected chi connectivity index (χ4v) is 3.14. The zero-order chi connectivity index (χ0) is 21.0. The van der Waals surface area contributed by atoms with Crippen molar-refractivity contribution in [2.75, 3.05) is 5.32 Å². The predicted molar refractivity (Wildman–Crippen MR) is 119 cm³/mol. The van der Waals surface area contributed by atoms with Crippen molar-refractivity contribution >= 4 is 40.5 Å². The highest BCUT2D eigenvalue weighted by molar-refractivity contribution is 6.36. The zero-order valence-corrected chi connectivity index (χ0v) is 17.5. The molecular weight excluding hydrogens is 405 g/mol. The number of allylic oxidation sites excluding steroid dienone is 2. The van der Waals surface area contributed by atoms with Crippen molar-refractivity contribution in [3.05, 3.63) is 111 Å². The van der Waals surface area contributed by atoms with Crippen LogP contribution in [0.4, 0.5) is 5.69 Å². The Morgan fingerprint density at radius 3 is 1.90 bits per heavy atom. The summed E-state index contributed by atoms with van der Waals surface area (Å²) in [5, 5.41) is 3.83. The summed E-state index contributed by atoms with van der Waals surface area (Å²) >= 11 is 12.2. The molecule has 0 fully saturated rings. The number of benzene rings is 3. The molecule has 0 saturated carbocycles. The lowest BCUT2D eigenvalue weighted by molar-refractivity contribution is 0.101. The van der Waals surface area contributed by atoms with Gasteiger partial charge in [0, 0.05) is 22.2 Å². The van der Waals surface area contributed by atoms with Gasteiger partial charge in [0.05, 0.1) is 16.4 Å². The summed E-state index contributed by atoms with van der Waals surface area (Å²) in [5.74, 6) is -0.588. The second-order valence-corrected chi connectivity index (χ2v) is 7.58. The molecule has 0 amide bonds. The summed E-state index contributed by atoms with van der Waals surface area (Å²) in [6, 6.07) is 19.2. The largest absolute Gasteiger partial charge is 0.351 e. The fraction of sp³-hybridized carbons (Fsp3) is 0.0833. The molecule has 0 saturated heterocycles. The Hall–Kier alpha value is -2.88. The number of hydrogen-bond acceptors (Lipinski definition) is 3. The van der Waals surface area contributed by atoms with Gasteiger partial charge in [-0.15, -0.1) is 0 Å². The van der Waals surface area contributed by atoms with Crippen LogP contribution < -0.4 is 5.32 Å². The third-order valence-corrected chi connectivity index (χ3v) is 4.92. The molecule has 0 unspecified atom stereocenters. The molecule has 3 aromatic rings. The molecule has 3 nitrogen and oxygen atoms in total. The van der Waals surface area contributed by atoms with E-state index in [-0.39, 0.29) is 17.3 Å². The monoisotopic (exact) mass is 423 g/mol. The first-order valence-corrected chi connectivity index (χ1v) is 9.75. The van der Waals surface area contributed by atoms with Crippen molar-refractivity contribution in [1.82, 2.24) is 0 Å². The van der Waals surface area contributed by atoms with E-state index in [1.165, 1.54) is 6.08 Å². The quantitative estimate of drug-likeness (QED) is 0.355. The molecule has 0 atom stereocenters. The van der Waals surface area contributed by atoms with Gasteiger partial charge in [0.25, 0.3) is 0 Å². The first-order valence-electron chi connectivity index (χ1n) is 8.99. The van der Waals surface area contributed by atoms with Gasteiger partial charge in [-0.2, -0.15) is 0 Å². The summed E-state index contributed by atoms with van der Waals surface area (Å²) < 4.78 is 0. The van der Waals surface area contributed by atoms with Crippen LogP contribution in [0.1, 0.15) is 31.8 Å². The van der Waals surface area contributed by atoms with E-state index in [9.17, 15) is 9.59 Å². The summed E-state index contributed by atoms with van der Waals surface area (Å²) in [7, 11) is 0. The van der Waals surface area contributed by atoms with Crippen molar-refractivity contribution in [3.63, 3.8) is 0 Å². The summed E-state index contributed by atoms with van der Waals surface area (Å²) in [5.41, 5.74) is 3.66. The Kier molecular flexibility index (Phi) is 6.53. The highest BCUT2D eigenvalue weighted by Crippen LogP contribution is 2.27. The van der Waals surface area contributed by atoms with E-state index < -0.39 is 0 Å². The second kappa shape index (κ2) is 9.08. The van der Waals surface area contributed by atoms with Crippen molar-refractivity contribution in [2.24, 2.45) is 0 Å². The van der Waals surface area contributed by atoms with Crippen molar-refractivity contribution < 1.29 is 9.59 Å². The minimum atomic E-state index is -0.309. The Labute approximate surface area is 180 Å². The number of hydrogen-bond donors (Lipinski definition) is 1. The van der Waals surface area contributed by atoms with Crippen molar-refractivity contribution in [3.8, 4) is 0 Å².